The monoisotopic (exact) mass is 352 g/mol. The minimum absolute atomic E-state index is 0.278. The molecule has 25 heavy (non-hydrogen) atoms. The van der Waals surface area contributed by atoms with E-state index in [-0.39, 0.29) is 6.10 Å². The molecule has 3 rings (SSSR count). The second kappa shape index (κ2) is 8.33. The number of rotatable bonds is 6. The Morgan fingerprint density at radius 2 is 1.56 bits per heavy atom. The summed E-state index contributed by atoms with van der Waals surface area (Å²) in [6.45, 7) is 7.36. The highest BCUT2D eigenvalue weighted by Gasteiger charge is 2.42. The maximum absolute atomic E-state index is 6.73. The first-order chi connectivity index (χ1) is 12.1. The highest BCUT2D eigenvalue weighted by molar-refractivity contribution is 6.91. The van der Waals surface area contributed by atoms with Crippen LogP contribution in [0.25, 0.3) is 0 Å². The maximum atomic E-state index is 6.73. The predicted octanol–water partition coefficient (Wildman–Crippen LogP) is 6.08. The molecule has 1 fully saturated rings. The van der Waals surface area contributed by atoms with E-state index >= 15 is 0 Å². The molecule has 0 spiro atoms. The quantitative estimate of drug-likeness (QED) is 0.572. The van der Waals surface area contributed by atoms with E-state index in [4.69, 9.17) is 4.74 Å². The average Bonchev–Trinajstić information content (AvgIpc) is 2.67. The molecule has 0 bridgehead atoms. The van der Waals surface area contributed by atoms with Gasteiger partial charge in [-0.05, 0) is 30.4 Å². The zero-order valence-corrected chi connectivity index (χ0v) is 16.9. The van der Waals surface area contributed by atoms with Crippen LogP contribution in [0.1, 0.15) is 50.7 Å². The minimum atomic E-state index is -1.55. The molecule has 0 radical (unpaired) electrons. The second-order valence-corrected chi connectivity index (χ2v) is 12.7. The number of ether oxygens (including phenoxy) is 1. The fourth-order valence-electron chi connectivity index (χ4n) is 4.39. The normalized spacial score (nSPS) is 24.2. The number of unbranched alkanes of at least 4 members (excludes halogenated alkanes) is 1. The number of hydrogen-bond acceptors (Lipinski definition) is 1. The van der Waals surface area contributed by atoms with Crippen molar-refractivity contribution in [2.45, 2.75) is 69.9 Å². The summed E-state index contributed by atoms with van der Waals surface area (Å²) in [6.07, 6.45) is 6.84. The molecular formula is C23H32OSi. The molecule has 1 heterocycles. The largest absolute Gasteiger partial charge is 0.370 e. The van der Waals surface area contributed by atoms with Crippen LogP contribution in [-0.2, 0) is 4.74 Å². The van der Waals surface area contributed by atoms with Gasteiger partial charge in [0, 0.05) is 0 Å². The predicted molar refractivity (Wildman–Crippen MR) is 110 cm³/mol. The Bertz CT molecular complexity index is 638. The number of hydrogen-bond donors (Lipinski definition) is 0. The first kappa shape index (κ1) is 18.4. The van der Waals surface area contributed by atoms with E-state index in [2.05, 4.69) is 80.7 Å². The molecule has 1 aliphatic heterocycles. The van der Waals surface area contributed by atoms with Gasteiger partial charge < -0.3 is 4.74 Å². The lowest BCUT2D eigenvalue weighted by molar-refractivity contribution is -0.0564. The summed E-state index contributed by atoms with van der Waals surface area (Å²) in [7, 11) is -1.55. The van der Waals surface area contributed by atoms with Gasteiger partial charge in [-0.25, -0.2) is 0 Å². The first-order valence-electron chi connectivity index (χ1n) is 9.89. The molecular weight excluding hydrogens is 320 g/mol. The van der Waals surface area contributed by atoms with Crippen LogP contribution in [-0.4, -0.2) is 14.2 Å². The zero-order chi connectivity index (χ0) is 17.7. The summed E-state index contributed by atoms with van der Waals surface area (Å²) < 4.78 is 6.73. The van der Waals surface area contributed by atoms with Crippen molar-refractivity contribution in [1.29, 1.82) is 0 Å². The molecule has 3 atom stereocenters. The third-order valence-corrected chi connectivity index (χ3v) is 10.3. The van der Waals surface area contributed by atoms with Crippen LogP contribution >= 0.6 is 0 Å². The van der Waals surface area contributed by atoms with Crippen LogP contribution in [0.4, 0.5) is 0 Å². The van der Waals surface area contributed by atoms with Gasteiger partial charge in [-0.2, -0.15) is 0 Å². The molecule has 0 unspecified atom stereocenters. The molecule has 0 amide bonds. The molecule has 0 aliphatic carbocycles. The zero-order valence-electron chi connectivity index (χ0n) is 15.9. The van der Waals surface area contributed by atoms with Gasteiger partial charge in [0.25, 0.3) is 0 Å². The molecule has 134 valence electrons. The van der Waals surface area contributed by atoms with Gasteiger partial charge in [-0.1, -0.05) is 98.7 Å². The Morgan fingerprint density at radius 3 is 2.20 bits per heavy atom. The lowest BCUT2D eigenvalue weighted by Crippen LogP contribution is -2.52. The van der Waals surface area contributed by atoms with Crippen molar-refractivity contribution >= 4 is 13.3 Å². The Morgan fingerprint density at radius 1 is 0.920 bits per heavy atom. The molecule has 0 saturated carbocycles. The van der Waals surface area contributed by atoms with Gasteiger partial charge in [0.15, 0.2) is 0 Å². The van der Waals surface area contributed by atoms with E-state index in [1.807, 2.05) is 0 Å². The van der Waals surface area contributed by atoms with E-state index in [1.165, 1.54) is 31.2 Å². The van der Waals surface area contributed by atoms with Crippen LogP contribution in [0.15, 0.2) is 60.7 Å². The molecule has 2 aromatic rings. The van der Waals surface area contributed by atoms with E-state index in [9.17, 15) is 0 Å². The van der Waals surface area contributed by atoms with Crippen LogP contribution in [0.5, 0.6) is 0 Å². The standard InChI is InChI=1S/C23H32OSi/c1-4-5-16-22-23(25(2,3)20-14-10-7-11-15-20)18-17-21(24-22)19-12-8-6-9-13-19/h6-15,21-23H,4-5,16-18H2,1-3H3/t21-,22-,23+/m1/s1. The Kier molecular flexibility index (Phi) is 6.13. The second-order valence-electron chi connectivity index (χ2n) is 7.99. The summed E-state index contributed by atoms with van der Waals surface area (Å²) in [4.78, 5) is 0. The molecule has 2 heteroatoms. The van der Waals surface area contributed by atoms with Gasteiger partial charge >= 0.3 is 0 Å². The fourth-order valence-corrected chi connectivity index (χ4v) is 7.93. The molecule has 2 aromatic carbocycles. The van der Waals surface area contributed by atoms with Crippen LogP contribution in [0.2, 0.25) is 18.6 Å². The fraction of sp³-hybridized carbons (Fsp3) is 0.478. The highest BCUT2D eigenvalue weighted by Crippen LogP contribution is 2.44. The summed E-state index contributed by atoms with van der Waals surface area (Å²) >= 11 is 0. The van der Waals surface area contributed by atoms with E-state index in [0.29, 0.717) is 11.6 Å². The van der Waals surface area contributed by atoms with Crippen LogP contribution in [0.3, 0.4) is 0 Å². The Balaban J connectivity index is 1.81. The summed E-state index contributed by atoms with van der Waals surface area (Å²) in [5.41, 5.74) is 2.06. The SMILES string of the molecule is CCCC[C@H]1O[C@@H](c2ccccc2)CC[C@@H]1[Si](C)(C)c1ccccc1. The summed E-state index contributed by atoms with van der Waals surface area (Å²) in [6, 6.07) is 22.0. The van der Waals surface area contributed by atoms with Gasteiger partial charge in [0.2, 0.25) is 0 Å². The van der Waals surface area contributed by atoms with E-state index in [0.717, 1.165) is 6.42 Å². The lowest BCUT2D eigenvalue weighted by atomic mass is 9.95. The van der Waals surface area contributed by atoms with Crippen molar-refractivity contribution in [3.05, 3.63) is 66.2 Å². The van der Waals surface area contributed by atoms with Gasteiger partial charge in [-0.3, -0.25) is 0 Å². The highest BCUT2D eigenvalue weighted by atomic mass is 28.3. The van der Waals surface area contributed by atoms with Crippen molar-refractivity contribution in [1.82, 2.24) is 0 Å². The van der Waals surface area contributed by atoms with Gasteiger partial charge in [-0.15, -0.1) is 0 Å². The maximum Gasteiger partial charge on any atom is 0.0862 e. The minimum Gasteiger partial charge on any atom is -0.370 e. The van der Waals surface area contributed by atoms with E-state index < -0.39 is 8.07 Å². The lowest BCUT2D eigenvalue weighted by Gasteiger charge is -2.44. The smallest absolute Gasteiger partial charge is 0.0862 e. The molecule has 0 aromatic heterocycles. The summed E-state index contributed by atoms with van der Waals surface area (Å²) in [5.74, 6) is 0. The third-order valence-electron chi connectivity index (χ3n) is 5.99. The van der Waals surface area contributed by atoms with Crippen molar-refractivity contribution in [3.63, 3.8) is 0 Å². The van der Waals surface area contributed by atoms with Crippen molar-refractivity contribution in [2.75, 3.05) is 0 Å². The third kappa shape index (κ3) is 4.24. The van der Waals surface area contributed by atoms with Gasteiger partial charge in [0.05, 0.1) is 20.3 Å². The van der Waals surface area contributed by atoms with E-state index in [1.54, 1.807) is 5.19 Å². The van der Waals surface area contributed by atoms with Crippen LogP contribution < -0.4 is 5.19 Å². The molecule has 1 saturated heterocycles. The van der Waals surface area contributed by atoms with Crippen molar-refractivity contribution in [2.24, 2.45) is 0 Å². The van der Waals surface area contributed by atoms with Crippen molar-refractivity contribution < 1.29 is 4.74 Å². The van der Waals surface area contributed by atoms with Gasteiger partial charge in [0.1, 0.15) is 0 Å². The summed E-state index contributed by atoms with van der Waals surface area (Å²) in [5, 5.41) is 1.57. The van der Waals surface area contributed by atoms with Crippen molar-refractivity contribution in [3.8, 4) is 0 Å². The average molecular weight is 353 g/mol. The number of benzene rings is 2. The molecule has 1 aliphatic rings. The Hall–Kier alpha value is -1.38. The van der Waals surface area contributed by atoms with Crippen LogP contribution in [0, 0.1) is 0 Å². The molecule has 1 nitrogen and oxygen atoms in total. The Labute approximate surface area is 154 Å². The topological polar surface area (TPSA) is 9.23 Å². The molecule has 0 N–H and O–H groups in total. The first-order valence-corrected chi connectivity index (χ1v) is 13.0.